The number of benzene rings is 7. The largest absolute Gasteiger partial charge is 0.258 e. The van der Waals surface area contributed by atoms with Gasteiger partial charge in [0.2, 0.25) is 0 Å². The predicted molar refractivity (Wildman–Crippen MR) is 241 cm³/mol. The standard InChI is InChI=1S/C54H45N3/c1-37-28-33-50(40(4)55-37)48-27-17-26-47(34-48)39(3)57-54(56-38(2)41-18-9-5-10-19-41)46-31-29-45(30-32-46)53-51(43-22-13-7-14-23-43)35-49(42-20-11-6-12-21-42)36-52(53)44-24-15-8-16-25-44/h5-36,39H,1-4H3. The lowest BCUT2D eigenvalue weighted by atomic mass is 9.84. The molecule has 0 amide bonds. The summed E-state index contributed by atoms with van der Waals surface area (Å²) in [5.41, 5.74) is 17.8. The van der Waals surface area contributed by atoms with E-state index >= 15 is 0 Å². The van der Waals surface area contributed by atoms with Crippen molar-refractivity contribution < 1.29 is 0 Å². The molecule has 0 fully saturated rings. The van der Waals surface area contributed by atoms with Crippen LogP contribution in [0.15, 0.2) is 204 Å². The molecule has 0 N–H and O–H groups in total. The second kappa shape index (κ2) is 16.8. The first kappa shape index (κ1) is 37.0. The molecule has 0 aliphatic carbocycles. The molecule has 3 heteroatoms. The SMILES string of the molecule is CC(=NC(=NC(C)c1cccc(-c2ccc(C)nc2C)c1)c1ccc(-c2c(-c3ccccc3)cc(-c3ccccc3)cc2-c2ccccc2)cc1)c1ccccc1. The number of rotatable bonds is 9. The van der Waals surface area contributed by atoms with Gasteiger partial charge < -0.3 is 0 Å². The summed E-state index contributed by atoms with van der Waals surface area (Å²) in [7, 11) is 0. The Morgan fingerprint density at radius 2 is 1.00 bits per heavy atom. The summed E-state index contributed by atoms with van der Waals surface area (Å²) in [5.74, 6) is 0.694. The van der Waals surface area contributed by atoms with E-state index in [-0.39, 0.29) is 6.04 Å². The second-order valence-electron chi connectivity index (χ2n) is 14.5. The quantitative estimate of drug-likeness (QED) is 0.107. The summed E-state index contributed by atoms with van der Waals surface area (Å²) in [6.45, 7) is 8.31. The lowest BCUT2D eigenvalue weighted by molar-refractivity contribution is 0.819. The van der Waals surface area contributed by atoms with Gasteiger partial charge in [0.1, 0.15) is 0 Å². The van der Waals surface area contributed by atoms with Crippen molar-refractivity contribution in [2.45, 2.75) is 33.7 Å². The third-order valence-corrected chi connectivity index (χ3v) is 10.5. The average molecular weight is 736 g/mol. The highest BCUT2D eigenvalue weighted by molar-refractivity contribution is 6.12. The van der Waals surface area contributed by atoms with E-state index in [0.717, 1.165) is 50.5 Å². The van der Waals surface area contributed by atoms with E-state index in [1.165, 1.54) is 38.9 Å². The van der Waals surface area contributed by atoms with Crippen LogP contribution in [0.2, 0.25) is 0 Å². The van der Waals surface area contributed by atoms with E-state index in [1.54, 1.807) is 0 Å². The topological polar surface area (TPSA) is 37.6 Å². The minimum Gasteiger partial charge on any atom is -0.258 e. The smallest absolute Gasteiger partial charge is 0.155 e. The van der Waals surface area contributed by atoms with E-state index in [2.05, 4.69) is 197 Å². The van der Waals surface area contributed by atoms with E-state index in [4.69, 9.17) is 15.0 Å². The molecule has 0 saturated heterocycles. The first-order chi connectivity index (χ1) is 27.9. The third kappa shape index (κ3) is 8.34. The number of hydrogen-bond acceptors (Lipinski definition) is 2. The Bertz CT molecular complexity index is 2620. The average Bonchev–Trinajstić information content (AvgIpc) is 3.27. The van der Waals surface area contributed by atoms with Gasteiger partial charge in [-0.05, 0) is 113 Å². The van der Waals surface area contributed by atoms with Gasteiger partial charge in [-0.15, -0.1) is 0 Å². The first-order valence-corrected chi connectivity index (χ1v) is 19.6. The van der Waals surface area contributed by atoms with Gasteiger partial charge in [-0.1, -0.05) is 170 Å². The number of amidine groups is 1. The Morgan fingerprint density at radius 1 is 0.456 bits per heavy atom. The summed E-state index contributed by atoms with van der Waals surface area (Å²) in [4.78, 5) is 15.3. The second-order valence-corrected chi connectivity index (χ2v) is 14.5. The van der Waals surface area contributed by atoms with E-state index in [1.807, 2.05) is 25.1 Å². The maximum atomic E-state index is 5.35. The molecule has 57 heavy (non-hydrogen) atoms. The summed E-state index contributed by atoms with van der Waals surface area (Å²) >= 11 is 0. The van der Waals surface area contributed by atoms with Crippen LogP contribution in [0.5, 0.6) is 0 Å². The van der Waals surface area contributed by atoms with Crippen LogP contribution in [0, 0.1) is 13.8 Å². The molecule has 1 atom stereocenters. The Morgan fingerprint density at radius 3 is 1.58 bits per heavy atom. The molecular formula is C54H45N3. The fourth-order valence-electron chi connectivity index (χ4n) is 7.51. The van der Waals surface area contributed by atoms with Gasteiger partial charge in [0.15, 0.2) is 5.84 Å². The van der Waals surface area contributed by atoms with Crippen molar-refractivity contribution in [2.24, 2.45) is 9.98 Å². The van der Waals surface area contributed by atoms with Crippen molar-refractivity contribution in [3.8, 4) is 55.6 Å². The molecule has 7 aromatic carbocycles. The Hall–Kier alpha value is -6.97. The Kier molecular flexibility index (Phi) is 10.9. The summed E-state index contributed by atoms with van der Waals surface area (Å²) < 4.78 is 0. The van der Waals surface area contributed by atoms with Gasteiger partial charge in [0.25, 0.3) is 0 Å². The summed E-state index contributed by atoms with van der Waals surface area (Å²) in [6.07, 6.45) is 0. The maximum Gasteiger partial charge on any atom is 0.155 e. The van der Waals surface area contributed by atoms with Crippen LogP contribution in [-0.4, -0.2) is 16.5 Å². The highest BCUT2D eigenvalue weighted by atomic mass is 14.9. The molecule has 0 saturated carbocycles. The zero-order chi connectivity index (χ0) is 39.1. The minimum absolute atomic E-state index is 0.148. The normalized spacial score (nSPS) is 12.4. The molecule has 0 bridgehead atoms. The third-order valence-electron chi connectivity index (χ3n) is 10.5. The molecule has 0 spiro atoms. The van der Waals surface area contributed by atoms with Crippen LogP contribution < -0.4 is 0 Å². The molecule has 1 heterocycles. The first-order valence-electron chi connectivity index (χ1n) is 19.6. The molecule has 1 unspecified atom stereocenters. The molecule has 0 radical (unpaired) electrons. The highest BCUT2D eigenvalue weighted by Gasteiger charge is 2.18. The number of aryl methyl sites for hydroxylation is 2. The maximum absolute atomic E-state index is 5.35. The number of nitrogens with zero attached hydrogens (tertiary/aromatic N) is 3. The molecule has 8 rings (SSSR count). The van der Waals surface area contributed by atoms with Crippen LogP contribution in [0.3, 0.4) is 0 Å². The van der Waals surface area contributed by atoms with Crippen LogP contribution in [0.25, 0.3) is 55.6 Å². The van der Waals surface area contributed by atoms with Crippen LogP contribution in [0.1, 0.15) is 48.0 Å². The molecule has 0 aliphatic rings. The van der Waals surface area contributed by atoms with Crippen molar-refractivity contribution in [1.29, 1.82) is 0 Å². The van der Waals surface area contributed by atoms with E-state index in [0.29, 0.717) is 5.84 Å². The number of aliphatic imine (C=N–C) groups is 2. The monoisotopic (exact) mass is 735 g/mol. The van der Waals surface area contributed by atoms with Crippen LogP contribution in [0.4, 0.5) is 0 Å². The van der Waals surface area contributed by atoms with Gasteiger partial charge in [-0.3, -0.25) is 9.98 Å². The van der Waals surface area contributed by atoms with Gasteiger partial charge in [0, 0.05) is 28.2 Å². The van der Waals surface area contributed by atoms with E-state index in [9.17, 15) is 0 Å². The van der Waals surface area contributed by atoms with E-state index < -0.39 is 0 Å². The molecule has 0 aliphatic heterocycles. The van der Waals surface area contributed by atoms with Gasteiger partial charge in [-0.25, -0.2) is 4.99 Å². The highest BCUT2D eigenvalue weighted by Crippen LogP contribution is 2.43. The molecule has 8 aromatic rings. The Balaban J connectivity index is 1.25. The molecular weight excluding hydrogens is 691 g/mol. The summed E-state index contributed by atoms with van der Waals surface area (Å²) in [6, 6.07) is 68.6. The predicted octanol–water partition coefficient (Wildman–Crippen LogP) is 14.1. The molecule has 276 valence electrons. The lowest BCUT2D eigenvalue weighted by Crippen LogP contribution is -2.06. The van der Waals surface area contributed by atoms with Crippen molar-refractivity contribution in [3.63, 3.8) is 0 Å². The fourth-order valence-corrected chi connectivity index (χ4v) is 7.51. The van der Waals surface area contributed by atoms with Crippen LogP contribution >= 0.6 is 0 Å². The summed E-state index contributed by atoms with van der Waals surface area (Å²) in [5, 5.41) is 0. The zero-order valence-electron chi connectivity index (χ0n) is 32.9. The van der Waals surface area contributed by atoms with Crippen molar-refractivity contribution in [1.82, 2.24) is 4.98 Å². The number of aromatic nitrogens is 1. The van der Waals surface area contributed by atoms with Crippen LogP contribution in [-0.2, 0) is 0 Å². The molecule has 3 nitrogen and oxygen atoms in total. The van der Waals surface area contributed by atoms with Gasteiger partial charge >= 0.3 is 0 Å². The van der Waals surface area contributed by atoms with Crippen molar-refractivity contribution >= 4 is 11.5 Å². The van der Waals surface area contributed by atoms with Crippen molar-refractivity contribution in [3.05, 3.63) is 222 Å². The molecule has 1 aromatic heterocycles. The van der Waals surface area contributed by atoms with Gasteiger partial charge in [0.05, 0.1) is 6.04 Å². The fraction of sp³-hybridized carbons (Fsp3) is 0.0926. The van der Waals surface area contributed by atoms with Gasteiger partial charge in [-0.2, -0.15) is 0 Å². The lowest BCUT2D eigenvalue weighted by Gasteiger charge is -2.19. The number of hydrogen-bond donors (Lipinski definition) is 0. The van der Waals surface area contributed by atoms with Crippen molar-refractivity contribution in [2.75, 3.05) is 0 Å². The zero-order valence-corrected chi connectivity index (χ0v) is 32.9. The number of pyridine rings is 1. The minimum atomic E-state index is -0.148. The Labute approximate surface area is 336 Å².